The second-order valence-corrected chi connectivity index (χ2v) is 40.0. The van der Waals surface area contributed by atoms with Crippen molar-refractivity contribution >= 4 is 144 Å². The van der Waals surface area contributed by atoms with E-state index in [2.05, 4.69) is 162 Å². The van der Waals surface area contributed by atoms with Gasteiger partial charge in [-0.25, -0.2) is 14.6 Å². The minimum Gasteiger partial charge on any atom is -0.453 e. The number of amides is 10. The first kappa shape index (κ1) is 102. The molecule has 15 rings (SSSR count). The molecule has 0 unspecified atom stereocenters. The van der Waals surface area contributed by atoms with E-state index in [0.717, 1.165) is 108 Å². The van der Waals surface area contributed by atoms with Gasteiger partial charge >= 0.3 is 19.3 Å². The number of alkyl carbamates (subject to hydrolysis) is 2. The highest BCUT2D eigenvalue weighted by Crippen LogP contribution is 2.40. The SMILES string of the molecule is CC(C)[C@@H]1NC(=O)CN(CC(=O)CCC(=O)c2ccc(Br)cc2)C1=O.CC(C)[C@@H]1NC(=O)CN(CC2=NC=C(c3ccc(Br)cc3)C2)C1=O.COC(=O)N[C@H](C(=O)N1CCC[C@H]1C1=CC=C(c2ccc(-c3ccc(-c4cnc(CN5CC(=O)N[C@@H](C(C)C)C5=O)[nH]4)cc3)cc2)C1)C(C)C.COC(=O)N[C@H](C(=O)N1CCC[C@H]1C1=NC=C(c2ccc(B3OC(C)(C)C(C)(C)O3)cc2)C1)C(C)C. The second kappa shape index (κ2) is 45.2. The number of ether oxygens (including phenoxy) is 2. The van der Waals surface area contributed by atoms with E-state index in [9.17, 15) is 57.5 Å². The fraction of sp³-hybridized carbons (Fsp3) is 0.461. The monoisotopic (exact) mass is 1970 g/mol. The number of Topliss-reactive ketones (excluding diaryl/α,β-unsaturated/α-hetero) is 2. The topological polar surface area (TPSA) is 372 Å². The van der Waals surface area contributed by atoms with Crippen LogP contribution in [0.2, 0.25) is 0 Å². The van der Waals surface area contributed by atoms with Crippen LogP contribution >= 0.6 is 31.9 Å². The van der Waals surface area contributed by atoms with Crippen molar-refractivity contribution in [1.82, 2.24) is 61.1 Å². The number of hydrogen-bond acceptors (Lipinski definition) is 19. The summed E-state index contributed by atoms with van der Waals surface area (Å²) in [6.07, 6.45) is 14.6. The van der Waals surface area contributed by atoms with Crippen LogP contribution in [-0.4, -0.2) is 238 Å². The Balaban J connectivity index is 0.000000170. The molecule has 135 heavy (non-hydrogen) atoms. The molecule has 6 fully saturated rings. The fourth-order valence-corrected chi connectivity index (χ4v) is 18.1. The summed E-state index contributed by atoms with van der Waals surface area (Å²) < 4.78 is 23.7. The number of halogens is 2. The number of benzene rings is 5. The molecule has 9 aliphatic rings. The van der Waals surface area contributed by atoms with Crippen LogP contribution in [0.3, 0.4) is 0 Å². The van der Waals surface area contributed by atoms with Gasteiger partial charge in [-0.3, -0.25) is 57.9 Å². The van der Waals surface area contributed by atoms with Crippen LogP contribution in [0.4, 0.5) is 9.59 Å². The van der Waals surface area contributed by atoms with Gasteiger partial charge in [-0.1, -0.05) is 210 Å². The first-order chi connectivity index (χ1) is 64.2. The van der Waals surface area contributed by atoms with Crippen LogP contribution in [-0.2, 0) is 68.5 Å². The van der Waals surface area contributed by atoms with Crippen molar-refractivity contribution in [1.29, 1.82) is 0 Å². The summed E-state index contributed by atoms with van der Waals surface area (Å²) in [5.41, 5.74) is 14.8. The molecule has 0 saturated carbocycles. The van der Waals surface area contributed by atoms with Crippen molar-refractivity contribution in [3.8, 4) is 22.4 Å². The smallest absolute Gasteiger partial charge is 0.453 e. The lowest BCUT2D eigenvalue weighted by Gasteiger charge is -2.34. The third kappa shape index (κ3) is 25.7. The van der Waals surface area contributed by atoms with E-state index in [0.29, 0.717) is 43.9 Å². The number of allylic oxidation sites excluding steroid dienone is 5. The predicted octanol–water partition coefficient (Wildman–Crippen LogP) is 13.4. The number of aromatic nitrogens is 2. The Hall–Kier alpha value is -11.8. The molecule has 0 spiro atoms. The van der Waals surface area contributed by atoms with Crippen LogP contribution in [0.25, 0.3) is 39.1 Å². The molecule has 5 aromatic carbocycles. The molecule has 7 atom stereocenters. The van der Waals surface area contributed by atoms with Gasteiger partial charge in [0.1, 0.15) is 55.7 Å². The minimum absolute atomic E-state index is 0.00950. The van der Waals surface area contributed by atoms with Crippen LogP contribution in [0.15, 0.2) is 177 Å². The number of aliphatic imine (C=N–C) groups is 2. The van der Waals surface area contributed by atoms with Gasteiger partial charge in [0, 0.05) is 77.1 Å². The zero-order valence-electron chi connectivity index (χ0n) is 79.8. The summed E-state index contributed by atoms with van der Waals surface area (Å²) in [4.78, 5) is 174. The van der Waals surface area contributed by atoms with Crippen LogP contribution in [0.5, 0.6) is 0 Å². The first-order valence-electron chi connectivity index (χ1n) is 46.4. The number of likely N-dealkylation sites (tertiary alicyclic amines) is 2. The average molecular weight is 1970 g/mol. The van der Waals surface area contributed by atoms with Crippen molar-refractivity contribution in [3.63, 3.8) is 0 Å². The van der Waals surface area contributed by atoms with Gasteiger partial charge in [-0.2, -0.15) is 0 Å². The van der Waals surface area contributed by atoms with Crippen LogP contribution in [0.1, 0.15) is 188 Å². The van der Waals surface area contributed by atoms with E-state index in [4.69, 9.17) is 23.8 Å². The zero-order valence-corrected chi connectivity index (χ0v) is 83.0. The lowest BCUT2D eigenvalue weighted by Crippen LogP contribution is -2.60. The van der Waals surface area contributed by atoms with Gasteiger partial charge in [-0.15, -0.1) is 0 Å². The van der Waals surface area contributed by atoms with E-state index >= 15 is 0 Å². The first-order valence-corrected chi connectivity index (χ1v) is 48.0. The van der Waals surface area contributed by atoms with E-state index < -0.39 is 42.4 Å². The Labute approximate surface area is 807 Å². The molecule has 10 amide bonds. The number of imidazole rings is 1. The summed E-state index contributed by atoms with van der Waals surface area (Å²) in [5, 5.41) is 13.6. The Bertz CT molecular complexity index is 5570. The van der Waals surface area contributed by atoms with E-state index in [-0.39, 0.29) is 164 Å². The number of carbonyl (C=O) groups excluding carboxylic acids is 12. The second-order valence-electron chi connectivity index (χ2n) is 38.2. The van der Waals surface area contributed by atoms with Gasteiger partial charge in [0.2, 0.25) is 47.3 Å². The maximum atomic E-state index is 13.5. The van der Waals surface area contributed by atoms with Gasteiger partial charge in [0.25, 0.3) is 0 Å². The number of piperazine rings is 3. The van der Waals surface area contributed by atoms with Crippen molar-refractivity contribution in [3.05, 3.63) is 195 Å². The Morgan fingerprint density at radius 3 is 1.44 bits per heavy atom. The Morgan fingerprint density at radius 1 is 0.504 bits per heavy atom. The summed E-state index contributed by atoms with van der Waals surface area (Å²) in [6, 6.07) is 37.2. The highest BCUT2D eigenvalue weighted by molar-refractivity contribution is 9.10. The highest BCUT2D eigenvalue weighted by Gasteiger charge is 2.52. The number of carbonyl (C=O) groups is 12. The summed E-state index contributed by atoms with van der Waals surface area (Å²) in [6.45, 7) is 29.2. The quantitative estimate of drug-likeness (QED) is 0.0206. The van der Waals surface area contributed by atoms with E-state index in [1.165, 1.54) is 30.3 Å². The van der Waals surface area contributed by atoms with E-state index in [1.807, 2.05) is 140 Å². The zero-order chi connectivity index (χ0) is 97.6. The summed E-state index contributed by atoms with van der Waals surface area (Å²) in [5.74, 6) is -0.827. The largest absolute Gasteiger partial charge is 0.494 e. The third-order valence-electron chi connectivity index (χ3n) is 26.1. The normalized spacial score (nSPS) is 20.6. The maximum Gasteiger partial charge on any atom is 0.494 e. The van der Waals surface area contributed by atoms with Gasteiger partial charge in [-0.05, 0) is 175 Å². The van der Waals surface area contributed by atoms with Crippen LogP contribution < -0.4 is 32.0 Å². The highest BCUT2D eigenvalue weighted by atomic mass is 79.9. The molecule has 0 radical (unpaired) electrons. The predicted molar refractivity (Wildman–Crippen MR) is 526 cm³/mol. The number of H-pyrrole nitrogens is 1. The van der Waals surface area contributed by atoms with Crippen molar-refractivity contribution in [2.75, 3.05) is 60.0 Å². The van der Waals surface area contributed by atoms with Gasteiger partial charge in [0.05, 0.1) is 69.0 Å². The Morgan fingerprint density at radius 2 is 0.933 bits per heavy atom. The third-order valence-corrected chi connectivity index (χ3v) is 27.2. The number of nitrogens with one attached hydrogen (secondary N) is 6. The number of nitrogens with zero attached hydrogens (tertiary/aromatic N) is 8. The molecule has 6 N–H and O–H groups in total. The molecule has 6 saturated heterocycles. The summed E-state index contributed by atoms with van der Waals surface area (Å²) >= 11 is 6.73. The fourth-order valence-electron chi connectivity index (χ4n) is 17.6. The molecular weight excluding hydrogens is 1850 g/mol. The lowest BCUT2D eigenvalue weighted by molar-refractivity contribution is -0.147. The summed E-state index contributed by atoms with van der Waals surface area (Å²) in [7, 11) is 2.22. The lowest BCUT2D eigenvalue weighted by atomic mass is 9.78. The Kier molecular flexibility index (Phi) is 34.2. The number of hydrogen-bond donors (Lipinski definition) is 6. The number of ketones is 2. The van der Waals surface area contributed by atoms with Gasteiger partial charge in [0.15, 0.2) is 11.6 Å². The molecule has 1 aromatic heterocycles. The van der Waals surface area contributed by atoms with Crippen LogP contribution in [0, 0.1) is 29.6 Å². The van der Waals surface area contributed by atoms with Gasteiger partial charge < -0.3 is 74.8 Å². The molecular formula is C102H125BBr2N14O16. The molecule has 1 aliphatic carbocycles. The molecule has 30 nitrogen and oxygen atoms in total. The molecule has 0 bridgehead atoms. The molecule has 8 aliphatic heterocycles. The minimum atomic E-state index is -0.630. The van der Waals surface area contributed by atoms with E-state index in [1.54, 1.807) is 40.3 Å². The number of aromatic amines is 1. The number of methoxy groups -OCH3 is 2. The molecule has 716 valence electrons. The van der Waals surface area contributed by atoms with Crippen molar-refractivity contribution < 1.29 is 76.3 Å². The molecule has 9 heterocycles. The maximum absolute atomic E-state index is 13.5. The molecule has 6 aromatic rings. The number of rotatable bonds is 27. The van der Waals surface area contributed by atoms with Crippen molar-refractivity contribution in [2.45, 2.75) is 215 Å². The standard InChI is InChI=1S/C39H46N6O5.C27H38BN3O5.C18H20BrN3O2.C18H21BrN2O4/c1-23(2)35-37(47)44(22-34(46)42-35)21-33-40-20-31(41-33)28-14-12-26(13-15-28)25-8-10-27(11-9-25)29-16-17-30(19-29)32-7-6-18-45(32)38(48)36(24(3)4)43-39(49)50-5;1-17(2)23(30-25(33)34-7)24(32)31-14-8-9-22(31)21-15-19(16-29-21)18-10-12-20(13-11-18)28-35-26(3,4)27(5,6)36-28;1-11(2)17-18(24)22(10-16(23)21-17)9-15-7-13(8-20-15)12-3-5-14(19)6-4-12;1-11(2)17-18(25)21(10-16(24)20-17)9-14(22)7-8-15(23)12-3-5-13(19)6-4-12/h8-17,20,23-24,32,35-36H,6-7,18-19,21-22H2,1-5H3,(H,40,41)(H,42,46)(H,43,49);10-13,16-17,22-23H,8-9,14-15H2,1-7H3,(H,30,33);3-6,8,11,17H,7,9-10H2,1-2H3,(H,21,23);3-6,11,17H,7-10H2,1-2H3,(H,20,24)/t32-,35-,36-;22-,23-;2*17-/m0000/s1. The molecule has 33 heteroatoms. The van der Waals surface area contributed by atoms with Crippen molar-refractivity contribution in [2.24, 2.45) is 39.6 Å². The average Bonchev–Trinajstić information content (AvgIpc) is 1.62.